The van der Waals surface area contributed by atoms with Crippen molar-refractivity contribution in [2.45, 2.75) is 39.0 Å². The van der Waals surface area contributed by atoms with E-state index >= 15 is 0 Å². The lowest BCUT2D eigenvalue weighted by atomic mass is 9.79. The zero-order valence-corrected chi connectivity index (χ0v) is 12.7. The molecule has 1 saturated carbocycles. The summed E-state index contributed by atoms with van der Waals surface area (Å²) in [6.07, 6.45) is 4.00. The summed E-state index contributed by atoms with van der Waals surface area (Å²) in [4.78, 5) is 11.8. The number of hydrogen-bond donors (Lipinski definition) is 1. The molecule has 3 nitrogen and oxygen atoms in total. The number of rotatable bonds is 5. The Morgan fingerprint density at radius 2 is 2.30 bits per heavy atom. The van der Waals surface area contributed by atoms with E-state index in [1.54, 1.807) is 19.2 Å². The van der Waals surface area contributed by atoms with Gasteiger partial charge in [-0.3, -0.25) is 4.79 Å². The van der Waals surface area contributed by atoms with Gasteiger partial charge in [0.15, 0.2) is 0 Å². The predicted octanol–water partition coefficient (Wildman–Crippen LogP) is 4.17. The molecule has 0 radical (unpaired) electrons. The van der Waals surface area contributed by atoms with Gasteiger partial charge in [0.2, 0.25) is 0 Å². The molecule has 1 aliphatic carbocycles. The Kier molecular flexibility index (Phi) is 4.59. The van der Waals surface area contributed by atoms with E-state index in [0.29, 0.717) is 17.4 Å². The molecule has 4 heteroatoms. The lowest BCUT2D eigenvalue weighted by molar-refractivity contribution is -0.148. The van der Waals surface area contributed by atoms with Crippen LogP contribution in [-0.2, 0) is 11.2 Å². The molecule has 0 amide bonds. The van der Waals surface area contributed by atoms with Gasteiger partial charge in [0, 0.05) is 5.02 Å². The summed E-state index contributed by atoms with van der Waals surface area (Å²) >= 11 is 6.04. The zero-order chi connectivity index (χ0) is 14.8. The first kappa shape index (κ1) is 15.2. The van der Waals surface area contributed by atoms with Crippen LogP contribution in [0.2, 0.25) is 5.02 Å². The minimum absolute atomic E-state index is 0.489. The summed E-state index contributed by atoms with van der Waals surface area (Å²) in [5, 5.41) is 10.3. The van der Waals surface area contributed by atoms with Gasteiger partial charge in [-0.25, -0.2) is 0 Å². The molecule has 0 aromatic heterocycles. The third-order valence-corrected chi connectivity index (χ3v) is 4.75. The fourth-order valence-corrected chi connectivity index (χ4v) is 3.46. The first-order chi connectivity index (χ1) is 9.50. The van der Waals surface area contributed by atoms with Crippen LogP contribution in [0.5, 0.6) is 5.75 Å². The molecule has 2 atom stereocenters. The third kappa shape index (κ3) is 2.93. The van der Waals surface area contributed by atoms with Gasteiger partial charge < -0.3 is 9.84 Å². The largest absolute Gasteiger partial charge is 0.496 e. The van der Waals surface area contributed by atoms with E-state index < -0.39 is 11.4 Å². The molecule has 2 rings (SSSR count). The minimum Gasteiger partial charge on any atom is -0.496 e. The summed E-state index contributed by atoms with van der Waals surface area (Å²) in [7, 11) is 1.60. The monoisotopic (exact) mass is 296 g/mol. The average Bonchev–Trinajstić information content (AvgIpc) is 2.84. The van der Waals surface area contributed by atoms with Crippen molar-refractivity contribution in [1.29, 1.82) is 0 Å². The molecular weight excluding hydrogens is 276 g/mol. The first-order valence-electron chi connectivity index (χ1n) is 7.06. The molecule has 1 N–H and O–H groups in total. The van der Waals surface area contributed by atoms with E-state index in [-0.39, 0.29) is 0 Å². The van der Waals surface area contributed by atoms with Gasteiger partial charge in [0.1, 0.15) is 5.75 Å². The van der Waals surface area contributed by atoms with E-state index in [1.165, 1.54) is 0 Å². The molecule has 0 spiro atoms. The van der Waals surface area contributed by atoms with Crippen LogP contribution in [0.25, 0.3) is 0 Å². The number of halogens is 1. The Balaban J connectivity index is 2.30. The van der Waals surface area contributed by atoms with E-state index in [2.05, 4.69) is 6.92 Å². The number of hydrogen-bond acceptors (Lipinski definition) is 2. The van der Waals surface area contributed by atoms with Crippen LogP contribution in [0.1, 0.15) is 38.2 Å². The molecule has 1 aromatic rings. The van der Waals surface area contributed by atoms with Crippen molar-refractivity contribution < 1.29 is 14.6 Å². The fraction of sp³-hybridized carbons (Fsp3) is 0.562. The van der Waals surface area contributed by atoms with Crippen LogP contribution >= 0.6 is 11.6 Å². The number of methoxy groups -OCH3 is 1. The molecule has 0 heterocycles. The number of carboxylic acid groups (broad SMARTS) is 1. The Morgan fingerprint density at radius 1 is 1.55 bits per heavy atom. The standard InChI is InChI=1S/C16H21ClO3/c1-3-11-6-7-16(9-11,15(18)19)10-12-8-13(17)4-5-14(12)20-2/h4-5,8,11H,3,6-7,9-10H2,1-2H3,(H,18,19). The Bertz CT molecular complexity index is 500. The predicted molar refractivity (Wildman–Crippen MR) is 79.4 cm³/mol. The molecule has 1 aliphatic rings. The summed E-state index contributed by atoms with van der Waals surface area (Å²) in [6, 6.07) is 5.39. The lowest BCUT2D eigenvalue weighted by Gasteiger charge is -2.25. The summed E-state index contributed by atoms with van der Waals surface area (Å²) in [6.45, 7) is 2.13. The molecule has 110 valence electrons. The first-order valence-corrected chi connectivity index (χ1v) is 7.44. The van der Waals surface area contributed by atoms with E-state index in [1.807, 2.05) is 6.07 Å². The highest BCUT2D eigenvalue weighted by Gasteiger charge is 2.45. The molecule has 1 fully saturated rings. The Labute approximate surface area is 124 Å². The van der Waals surface area contributed by atoms with Gasteiger partial charge in [-0.05, 0) is 55.4 Å². The van der Waals surface area contributed by atoms with Crippen LogP contribution in [-0.4, -0.2) is 18.2 Å². The molecule has 1 aromatic carbocycles. The van der Waals surface area contributed by atoms with Crippen molar-refractivity contribution in [3.05, 3.63) is 28.8 Å². The second-order valence-corrected chi connectivity index (χ2v) is 6.17. The van der Waals surface area contributed by atoms with Crippen molar-refractivity contribution in [2.24, 2.45) is 11.3 Å². The van der Waals surface area contributed by atoms with E-state index in [0.717, 1.165) is 37.0 Å². The Morgan fingerprint density at radius 3 is 2.85 bits per heavy atom. The van der Waals surface area contributed by atoms with Crippen LogP contribution in [0, 0.1) is 11.3 Å². The van der Waals surface area contributed by atoms with Gasteiger partial charge in [0.25, 0.3) is 0 Å². The van der Waals surface area contributed by atoms with Crippen molar-refractivity contribution >= 4 is 17.6 Å². The van der Waals surface area contributed by atoms with Gasteiger partial charge in [-0.15, -0.1) is 0 Å². The highest BCUT2D eigenvalue weighted by Crippen LogP contribution is 2.46. The smallest absolute Gasteiger partial charge is 0.309 e. The zero-order valence-electron chi connectivity index (χ0n) is 12.0. The molecule has 2 unspecified atom stereocenters. The highest BCUT2D eigenvalue weighted by atomic mass is 35.5. The molecule has 20 heavy (non-hydrogen) atoms. The fourth-order valence-electron chi connectivity index (χ4n) is 3.27. The number of carbonyl (C=O) groups is 1. The maximum absolute atomic E-state index is 11.8. The van der Waals surface area contributed by atoms with Crippen molar-refractivity contribution in [3.8, 4) is 5.75 Å². The number of ether oxygens (including phenoxy) is 1. The van der Waals surface area contributed by atoms with Crippen LogP contribution in [0.3, 0.4) is 0 Å². The second kappa shape index (κ2) is 6.04. The highest BCUT2D eigenvalue weighted by molar-refractivity contribution is 6.30. The third-order valence-electron chi connectivity index (χ3n) is 4.51. The number of benzene rings is 1. The lowest BCUT2D eigenvalue weighted by Crippen LogP contribution is -2.31. The summed E-state index contributed by atoms with van der Waals surface area (Å²) in [5.41, 5.74) is 0.220. The summed E-state index contributed by atoms with van der Waals surface area (Å²) in [5.74, 6) is 0.529. The normalized spacial score (nSPS) is 25.6. The quantitative estimate of drug-likeness (QED) is 0.887. The van der Waals surface area contributed by atoms with Gasteiger partial charge in [0.05, 0.1) is 12.5 Å². The average molecular weight is 297 g/mol. The van der Waals surface area contributed by atoms with Crippen molar-refractivity contribution in [2.75, 3.05) is 7.11 Å². The van der Waals surface area contributed by atoms with Crippen LogP contribution < -0.4 is 4.74 Å². The Hall–Kier alpha value is -1.22. The topological polar surface area (TPSA) is 46.5 Å². The van der Waals surface area contributed by atoms with Gasteiger partial charge in [-0.2, -0.15) is 0 Å². The maximum atomic E-state index is 11.8. The molecule has 0 aliphatic heterocycles. The van der Waals surface area contributed by atoms with Gasteiger partial charge in [-0.1, -0.05) is 24.9 Å². The number of carboxylic acids is 1. The van der Waals surface area contributed by atoms with Crippen LogP contribution in [0.4, 0.5) is 0 Å². The van der Waals surface area contributed by atoms with Crippen molar-refractivity contribution in [1.82, 2.24) is 0 Å². The molecular formula is C16H21ClO3. The molecule has 0 bridgehead atoms. The van der Waals surface area contributed by atoms with Crippen LogP contribution in [0.15, 0.2) is 18.2 Å². The van der Waals surface area contributed by atoms with E-state index in [4.69, 9.17) is 16.3 Å². The second-order valence-electron chi connectivity index (χ2n) is 5.74. The summed E-state index contributed by atoms with van der Waals surface area (Å²) < 4.78 is 5.34. The minimum atomic E-state index is -0.699. The van der Waals surface area contributed by atoms with Gasteiger partial charge >= 0.3 is 5.97 Å². The maximum Gasteiger partial charge on any atom is 0.309 e. The molecule has 0 saturated heterocycles. The van der Waals surface area contributed by atoms with Crippen molar-refractivity contribution in [3.63, 3.8) is 0 Å². The number of aliphatic carboxylic acids is 1. The van der Waals surface area contributed by atoms with E-state index in [9.17, 15) is 9.90 Å². The SMILES string of the molecule is CCC1CCC(Cc2cc(Cl)ccc2OC)(C(=O)O)C1.